The van der Waals surface area contributed by atoms with Crippen molar-refractivity contribution >= 4 is 28.9 Å². The number of benzene rings is 2. The van der Waals surface area contributed by atoms with Gasteiger partial charge in [-0.05, 0) is 23.8 Å². The van der Waals surface area contributed by atoms with E-state index in [0.29, 0.717) is 5.89 Å². The number of nitrogens with zero attached hydrogens (tertiary/aromatic N) is 2. The Morgan fingerprint density at radius 2 is 1.78 bits per heavy atom. The van der Waals surface area contributed by atoms with Crippen molar-refractivity contribution in [1.29, 1.82) is 0 Å². The number of piperazine rings is 1. The first-order chi connectivity index (χ1) is 11.4. The lowest BCUT2D eigenvalue weighted by Crippen LogP contribution is -2.43. The molecule has 0 aliphatic carbocycles. The molecule has 23 heavy (non-hydrogen) atoms. The predicted molar refractivity (Wildman–Crippen MR) is 94.5 cm³/mol. The Morgan fingerprint density at radius 1 is 0.957 bits per heavy atom. The molecule has 4 heteroatoms. The summed E-state index contributed by atoms with van der Waals surface area (Å²) in [5.41, 5.74) is 4.08. The summed E-state index contributed by atoms with van der Waals surface area (Å²) < 4.78 is 5.88. The van der Waals surface area contributed by atoms with Crippen LogP contribution >= 0.6 is 0 Å². The molecule has 0 spiro atoms. The van der Waals surface area contributed by atoms with Gasteiger partial charge < -0.3 is 14.6 Å². The molecule has 3 aromatic rings. The Labute approximate surface area is 135 Å². The molecule has 0 saturated carbocycles. The molecule has 1 saturated heterocycles. The van der Waals surface area contributed by atoms with Gasteiger partial charge in [0, 0.05) is 32.3 Å². The SMILES string of the molecule is C(=C\c1nc2c(N3CCNCC3)cccc2o1)/c1ccccc1. The molecule has 2 aromatic carbocycles. The summed E-state index contributed by atoms with van der Waals surface area (Å²) in [6.07, 6.45) is 3.95. The molecule has 0 amide bonds. The van der Waals surface area contributed by atoms with E-state index >= 15 is 0 Å². The van der Waals surface area contributed by atoms with E-state index in [1.165, 1.54) is 0 Å². The van der Waals surface area contributed by atoms with Crippen LogP contribution in [0.4, 0.5) is 5.69 Å². The largest absolute Gasteiger partial charge is 0.437 e. The molecule has 4 rings (SSSR count). The molecule has 4 nitrogen and oxygen atoms in total. The first kappa shape index (κ1) is 14.0. The predicted octanol–water partition coefficient (Wildman–Crippen LogP) is 3.41. The third-order valence-corrected chi connectivity index (χ3v) is 4.09. The Bertz CT molecular complexity index is 817. The van der Waals surface area contributed by atoms with Gasteiger partial charge in [0.1, 0.15) is 5.52 Å². The first-order valence-corrected chi connectivity index (χ1v) is 7.98. The van der Waals surface area contributed by atoms with E-state index in [-0.39, 0.29) is 0 Å². The van der Waals surface area contributed by atoms with Crippen molar-refractivity contribution in [2.75, 3.05) is 31.1 Å². The molecule has 0 atom stereocenters. The molecular weight excluding hydrogens is 286 g/mol. The van der Waals surface area contributed by atoms with Gasteiger partial charge in [-0.3, -0.25) is 0 Å². The van der Waals surface area contributed by atoms with Crippen molar-refractivity contribution < 1.29 is 4.42 Å². The highest BCUT2D eigenvalue weighted by Crippen LogP contribution is 2.27. The van der Waals surface area contributed by atoms with E-state index in [1.54, 1.807) is 0 Å². The highest BCUT2D eigenvalue weighted by molar-refractivity contribution is 5.88. The van der Waals surface area contributed by atoms with Crippen LogP contribution in [-0.4, -0.2) is 31.2 Å². The van der Waals surface area contributed by atoms with E-state index in [4.69, 9.17) is 4.42 Å². The van der Waals surface area contributed by atoms with E-state index in [1.807, 2.05) is 42.5 Å². The number of hydrogen-bond donors (Lipinski definition) is 1. The number of hydrogen-bond acceptors (Lipinski definition) is 4. The van der Waals surface area contributed by atoms with Crippen LogP contribution in [0.5, 0.6) is 0 Å². The van der Waals surface area contributed by atoms with Gasteiger partial charge in [0.05, 0.1) is 5.69 Å². The number of nitrogens with one attached hydrogen (secondary N) is 1. The molecular formula is C19H19N3O. The van der Waals surface area contributed by atoms with Gasteiger partial charge in [-0.1, -0.05) is 36.4 Å². The Kier molecular flexibility index (Phi) is 3.82. The highest BCUT2D eigenvalue weighted by atomic mass is 16.3. The van der Waals surface area contributed by atoms with Crippen LogP contribution in [0.3, 0.4) is 0 Å². The maximum absolute atomic E-state index is 5.88. The number of anilines is 1. The standard InChI is InChI=1S/C19H19N3O/c1-2-5-15(6-3-1)9-10-18-21-19-16(7-4-8-17(19)23-18)22-13-11-20-12-14-22/h1-10,20H,11-14H2/b10-9+. The second-order valence-corrected chi connectivity index (χ2v) is 5.66. The molecule has 0 bridgehead atoms. The molecule has 1 aromatic heterocycles. The van der Waals surface area contributed by atoms with Crippen LogP contribution in [-0.2, 0) is 0 Å². The molecule has 1 N–H and O–H groups in total. The average Bonchev–Trinajstić information content (AvgIpc) is 3.04. The topological polar surface area (TPSA) is 41.3 Å². The van der Waals surface area contributed by atoms with Crippen LogP contribution in [0.25, 0.3) is 23.3 Å². The van der Waals surface area contributed by atoms with E-state index in [2.05, 4.69) is 33.4 Å². The van der Waals surface area contributed by atoms with Crippen molar-refractivity contribution in [3.05, 3.63) is 60.0 Å². The van der Waals surface area contributed by atoms with Gasteiger partial charge in [-0.15, -0.1) is 0 Å². The van der Waals surface area contributed by atoms with Crippen molar-refractivity contribution in [2.45, 2.75) is 0 Å². The summed E-state index contributed by atoms with van der Waals surface area (Å²) in [6.45, 7) is 4.02. The number of rotatable bonds is 3. The van der Waals surface area contributed by atoms with Crippen LogP contribution in [0.1, 0.15) is 11.5 Å². The van der Waals surface area contributed by atoms with Crippen molar-refractivity contribution in [1.82, 2.24) is 10.3 Å². The normalized spacial score (nSPS) is 15.6. The van der Waals surface area contributed by atoms with Gasteiger partial charge in [-0.2, -0.15) is 0 Å². The van der Waals surface area contributed by atoms with E-state index in [9.17, 15) is 0 Å². The summed E-state index contributed by atoms with van der Waals surface area (Å²) in [6, 6.07) is 16.3. The van der Waals surface area contributed by atoms with E-state index < -0.39 is 0 Å². The zero-order chi connectivity index (χ0) is 15.5. The summed E-state index contributed by atoms with van der Waals surface area (Å²) in [4.78, 5) is 7.05. The van der Waals surface area contributed by atoms with Crippen LogP contribution in [0.15, 0.2) is 52.9 Å². The summed E-state index contributed by atoms with van der Waals surface area (Å²) in [5, 5.41) is 3.38. The molecule has 1 aliphatic heterocycles. The first-order valence-electron chi connectivity index (χ1n) is 7.98. The second-order valence-electron chi connectivity index (χ2n) is 5.66. The third-order valence-electron chi connectivity index (χ3n) is 4.09. The minimum absolute atomic E-state index is 0.645. The summed E-state index contributed by atoms with van der Waals surface area (Å²) in [5.74, 6) is 0.645. The monoisotopic (exact) mass is 305 g/mol. The quantitative estimate of drug-likeness (QED) is 0.805. The lowest BCUT2D eigenvalue weighted by Gasteiger charge is -2.29. The maximum Gasteiger partial charge on any atom is 0.220 e. The van der Waals surface area contributed by atoms with Crippen LogP contribution in [0.2, 0.25) is 0 Å². The van der Waals surface area contributed by atoms with Crippen LogP contribution < -0.4 is 10.2 Å². The third kappa shape index (κ3) is 2.98. The molecule has 1 aliphatic rings. The van der Waals surface area contributed by atoms with E-state index in [0.717, 1.165) is 48.5 Å². The number of para-hydroxylation sites is 1. The van der Waals surface area contributed by atoms with Crippen molar-refractivity contribution in [2.24, 2.45) is 0 Å². The molecule has 0 radical (unpaired) electrons. The van der Waals surface area contributed by atoms with Gasteiger partial charge in [0.2, 0.25) is 5.89 Å². The lowest BCUT2D eigenvalue weighted by atomic mass is 10.2. The minimum Gasteiger partial charge on any atom is -0.437 e. The fourth-order valence-electron chi connectivity index (χ4n) is 2.92. The lowest BCUT2D eigenvalue weighted by molar-refractivity contribution is 0.588. The number of fused-ring (bicyclic) bond motifs is 1. The smallest absolute Gasteiger partial charge is 0.220 e. The summed E-state index contributed by atoms with van der Waals surface area (Å²) in [7, 11) is 0. The van der Waals surface area contributed by atoms with Crippen molar-refractivity contribution in [3.8, 4) is 0 Å². The van der Waals surface area contributed by atoms with Gasteiger partial charge in [0.25, 0.3) is 0 Å². The average molecular weight is 305 g/mol. The molecule has 116 valence electrons. The zero-order valence-electron chi connectivity index (χ0n) is 12.9. The zero-order valence-corrected chi connectivity index (χ0v) is 12.9. The Balaban J connectivity index is 1.66. The molecule has 2 heterocycles. The number of aromatic nitrogens is 1. The van der Waals surface area contributed by atoms with Gasteiger partial charge in [-0.25, -0.2) is 4.98 Å². The van der Waals surface area contributed by atoms with Crippen LogP contribution in [0, 0.1) is 0 Å². The maximum atomic E-state index is 5.88. The van der Waals surface area contributed by atoms with Crippen molar-refractivity contribution in [3.63, 3.8) is 0 Å². The Morgan fingerprint density at radius 3 is 2.61 bits per heavy atom. The summed E-state index contributed by atoms with van der Waals surface area (Å²) >= 11 is 0. The minimum atomic E-state index is 0.645. The highest BCUT2D eigenvalue weighted by Gasteiger charge is 2.16. The van der Waals surface area contributed by atoms with Gasteiger partial charge >= 0.3 is 0 Å². The number of oxazole rings is 1. The molecule has 1 fully saturated rings. The second kappa shape index (κ2) is 6.26. The molecule has 0 unspecified atom stereocenters. The fraction of sp³-hybridized carbons (Fsp3) is 0.211. The van der Waals surface area contributed by atoms with Gasteiger partial charge in [0.15, 0.2) is 5.58 Å². The Hall–Kier alpha value is -2.59. The fourth-order valence-corrected chi connectivity index (χ4v) is 2.92.